The lowest BCUT2D eigenvalue weighted by molar-refractivity contribution is 0.000479. The van der Waals surface area contributed by atoms with Gasteiger partial charge in [-0.3, -0.25) is 4.79 Å². The van der Waals surface area contributed by atoms with Gasteiger partial charge in [-0.2, -0.15) is 0 Å². The molecule has 0 unspecified atom stereocenters. The van der Waals surface area contributed by atoms with Crippen molar-refractivity contribution in [2.24, 2.45) is 0 Å². The van der Waals surface area contributed by atoms with Crippen molar-refractivity contribution in [1.82, 2.24) is 9.88 Å². The maximum atomic E-state index is 13.0. The Balaban J connectivity index is 1.81. The van der Waals surface area contributed by atoms with E-state index in [-0.39, 0.29) is 11.9 Å². The second kappa shape index (κ2) is 6.65. The van der Waals surface area contributed by atoms with Crippen molar-refractivity contribution in [1.29, 1.82) is 0 Å². The van der Waals surface area contributed by atoms with Crippen LogP contribution in [0.2, 0.25) is 0 Å². The third-order valence-electron chi connectivity index (χ3n) is 4.56. The highest BCUT2D eigenvalue weighted by molar-refractivity contribution is 7.13. The van der Waals surface area contributed by atoms with E-state index >= 15 is 0 Å². The predicted molar refractivity (Wildman–Crippen MR) is 96.5 cm³/mol. The Kier molecular flexibility index (Phi) is 4.74. The van der Waals surface area contributed by atoms with Gasteiger partial charge in [0, 0.05) is 13.0 Å². The van der Waals surface area contributed by atoms with Crippen LogP contribution in [0.5, 0.6) is 0 Å². The van der Waals surface area contributed by atoms with Crippen LogP contribution in [0.3, 0.4) is 0 Å². The van der Waals surface area contributed by atoms with Crippen LogP contribution in [0.15, 0.2) is 30.3 Å². The van der Waals surface area contributed by atoms with Crippen LogP contribution >= 0.6 is 11.3 Å². The van der Waals surface area contributed by atoms with Gasteiger partial charge in [0.1, 0.15) is 4.88 Å². The molecule has 1 aliphatic rings. The monoisotopic (exact) mass is 344 g/mol. The molecular formula is C19H24N2O2S. The number of carbonyl (C=O) groups excluding carboxylic acids is 1. The summed E-state index contributed by atoms with van der Waals surface area (Å²) in [6.45, 7) is 6.17. The third-order valence-corrected chi connectivity index (χ3v) is 5.71. The zero-order valence-corrected chi connectivity index (χ0v) is 15.3. The standard InChI is InChI=1S/C19H24N2O2S/c1-13-17(18(22)21-11-7-10-15(21)19(2,3)23)24-16(20-13)12-14-8-5-4-6-9-14/h4-6,8-9,15,23H,7,10-12H2,1-3H3/t15-/m0/s1. The van der Waals surface area contributed by atoms with Gasteiger partial charge in [0.15, 0.2) is 0 Å². The lowest BCUT2D eigenvalue weighted by atomic mass is 9.96. The summed E-state index contributed by atoms with van der Waals surface area (Å²) in [5.41, 5.74) is 1.11. The summed E-state index contributed by atoms with van der Waals surface area (Å²) in [5.74, 6) is 0.00827. The van der Waals surface area contributed by atoms with Crippen LogP contribution in [0.25, 0.3) is 0 Å². The lowest BCUT2D eigenvalue weighted by Crippen LogP contribution is -2.48. The summed E-state index contributed by atoms with van der Waals surface area (Å²) >= 11 is 1.48. The minimum Gasteiger partial charge on any atom is -0.388 e. The summed E-state index contributed by atoms with van der Waals surface area (Å²) in [4.78, 5) is 20.1. The SMILES string of the molecule is Cc1nc(Cc2ccccc2)sc1C(=O)N1CCC[C@H]1C(C)(C)O. The highest BCUT2D eigenvalue weighted by Crippen LogP contribution is 2.30. The molecule has 1 atom stereocenters. The van der Waals surface area contributed by atoms with Gasteiger partial charge in [-0.15, -0.1) is 11.3 Å². The molecule has 4 nitrogen and oxygen atoms in total. The molecule has 2 heterocycles. The van der Waals surface area contributed by atoms with Crippen LogP contribution in [0.1, 0.15) is 52.6 Å². The summed E-state index contributed by atoms with van der Waals surface area (Å²) in [6, 6.07) is 10.0. The van der Waals surface area contributed by atoms with E-state index in [1.54, 1.807) is 13.8 Å². The van der Waals surface area contributed by atoms with Crippen molar-refractivity contribution in [2.75, 3.05) is 6.54 Å². The summed E-state index contributed by atoms with van der Waals surface area (Å²) in [7, 11) is 0. The highest BCUT2D eigenvalue weighted by Gasteiger charge is 2.39. The van der Waals surface area contributed by atoms with E-state index in [1.165, 1.54) is 16.9 Å². The lowest BCUT2D eigenvalue weighted by Gasteiger charge is -2.33. The fourth-order valence-corrected chi connectivity index (χ4v) is 4.43. The van der Waals surface area contributed by atoms with Crippen molar-refractivity contribution in [3.63, 3.8) is 0 Å². The average molecular weight is 344 g/mol. The van der Waals surface area contributed by atoms with Crippen LogP contribution in [0, 0.1) is 6.92 Å². The van der Waals surface area contributed by atoms with E-state index < -0.39 is 5.60 Å². The largest absolute Gasteiger partial charge is 0.388 e. The molecule has 0 bridgehead atoms. The number of thiazole rings is 1. The van der Waals surface area contributed by atoms with Crippen molar-refractivity contribution in [3.8, 4) is 0 Å². The van der Waals surface area contributed by atoms with Gasteiger partial charge in [-0.25, -0.2) is 4.98 Å². The van der Waals surface area contributed by atoms with Gasteiger partial charge in [0.2, 0.25) is 0 Å². The Hall–Kier alpha value is -1.72. The van der Waals surface area contributed by atoms with Gasteiger partial charge < -0.3 is 10.0 Å². The van der Waals surface area contributed by atoms with Gasteiger partial charge >= 0.3 is 0 Å². The first-order valence-electron chi connectivity index (χ1n) is 8.40. The van der Waals surface area contributed by atoms with Crippen molar-refractivity contribution < 1.29 is 9.90 Å². The van der Waals surface area contributed by atoms with E-state index in [9.17, 15) is 9.90 Å². The number of aryl methyl sites for hydroxylation is 1. The first-order chi connectivity index (χ1) is 11.4. The molecule has 3 rings (SSSR count). The van der Waals surface area contributed by atoms with Crippen LogP contribution in [-0.2, 0) is 6.42 Å². The molecule has 1 N–H and O–H groups in total. The molecule has 1 aliphatic heterocycles. The highest BCUT2D eigenvalue weighted by atomic mass is 32.1. The number of aliphatic hydroxyl groups is 1. The minimum atomic E-state index is -0.877. The Morgan fingerprint density at radius 1 is 1.38 bits per heavy atom. The molecule has 1 aromatic heterocycles. The second-order valence-electron chi connectivity index (χ2n) is 6.99. The van der Waals surface area contributed by atoms with Gasteiger partial charge in [0.25, 0.3) is 5.91 Å². The molecule has 1 fully saturated rings. The fraction of sp³-hybridized carbons (Fsp3) is 0.474. The summed E-state index contributed by atoms with van der Waals surface area (Å²) in [6.07, 6.45) is 2.54. The average Bonchev–Trinajstić information content (AvgIpc) is 3.14. The van der Waals surface area contributed by atoms with Crippen molar-refractivity contribution >= 4 is 17.2 Å². The molecule has 2 aromatic rings. The van der Waals surface area contributed by atoms with Gasteiger partial charge in [0.05, 0.1) is 22.3 Å². The first kappa shape index (κ1) is 17.1. The second-order valence-corrected chi connectivity index (χ2v) is 8.08. The van der Waals surface area contributed by atoms with Crippen LogP contribution < -0.4 is 0 Å². The van der Waals surface area contributed by atoms with Crippen LogP contribution in [-0.4, -0.2) is 39.1 Å². The number of rotatable bonds is 4. The molecule has 0 saturated carbocycles. The normalized spacial score (nSPS) is 18.2. The number of hydrogen-bond donors (Lipinski definition) is 1. The van der Waals surface area contributed by atoms with E-state index in [0.717, 1.165) is 30.0 Å². The molecule has 1 amide bonds. The third kappa shape index (κ3) is 3.52. The Morgan fingerprint density at radius 2 is 2.08 bits per heavy atom. The molecule has 0 spiro atoms. The Bertz CT molecular complexity index is 719. The maximum Gasteiger partial charge on any atom is 0.266 e. The van der Waals surface area contributed by atoms with Crippen molar-refractivity contribution in [2.45, 2.75) is 51.7 Å². The zero-order chi connectivity index (χ0) is 17.3. The van der Waals surface area contributed by atoms with E-state index in [4.69, 9.17) is 0 Å². The molecule has 128 valence electrons. The van der Waals surface area contributed by atoms with E-state index in [1.807, 2.05) is 30.0 Å². The predicted octanol–water partition coefficient (Wildman–Crippen LogP) is 3.42. The molecule has 1 aromatic carbocycles. The maximum absolute atomic E-state index is 13.0. The van der Waals surface area contributed by atoms with E-state index in [2.05, 4.69) is 17.1 Å². The number of benzene rings is 1. The molecule has 1 saturated heterocycles. The topological polar surface area (TPSA) is 53.4 Å². The van der Waals surface area contributed by atoms with Gasteiger partial charge in [-0.05, 0) is 39.2 Å². The smallest absolute Gasteiger partial charge is 0.266 e. The quantitative estimate of drug-likeness (QED) is 0.925. The zero-order valence-electron chi connectivity index (χ0n) is 14.5. The molecule has 0 aliphatic carbocycles. The van der Waals surface area contributed by atoms with Gasteiger partial charge in [-0.1, -0.05) is 30.3 Å². The molecule has 24 heavy (non-hydrogen) atoms. The minimum absolute atomic E-state index is 0.00827. The number of carbonyl (C=O) groups is 1. The van der Waals surface area contributed by atoms with E-state index in [0.29, 0.717) is 11.4 Å². The Morgan fingerprint density at radius 3 is 2.75 bits per heavy atom. The number of amides is 1. The van der Waals surface area contributed by atoms with Crippen molar-refractivity contribution in [3.05, 3.63) is 51.5 Å². The molecular weight excluding hydrogens is 320 g/mol. The number of likely N-dealkylation sites (tertiary alicyclic amines) is 1. The fourth-order valence-electron chi connectivity index (χ4n) is 3.37. The number of aromatic nitrogens is 1. The number of hydrogen-bond acceptors (Lipinski definition) is 4. The summed E-state index contributed by atoms with van der Waals surface area (Å²) in [5, 5.41) is 11.3. The molecule has 5 heteroatoms. The van der Waals surface area contributed by atoms with Crippen LogP contribution in [0.4, 0.5) is 0 Å². The first-order valence-corrected chi connectivity index (χ1v) is 9.21. The Labute approximate surface area is 147 Å². The molecule has 0 radical (unpaired) electrons. The summed E-state index contributed by atoms with van der Waals surface area (Å²) < 4.78 is 0. The number of nitrogens with zero attached hydrogens (tertiary/aromatic N) is 2.